The van der Waals surface area contributed by atoms with Crippen LogP contribution >= 0.6 is 23.1 Å². The Kier molecular flexibility index (Phi) is 3.93. The quantitative estimate of drug-likeness (QED) is 0.559. The van der Waals surface area contributed by atoms with Gasteiger partial charge in [-0.05, 0) is 31.7 Å². The molecule has 2 N–H and O–H groups in total. The molecule has 0 fully saturated rings. The van der Waals surface area contributed by atoms with E-state index in [2.05, 4.69) is 10.1 Å². The number of hydrogen-bond acceptors (Lipinski definition) is 6. The molecule has 0 radical (unpaired) electrons. The van der Waals surface area contributed by atoms with Gasteiger partial charge < -0.3 is 5.73 Å². The molecule has 4 aromatic rings. The van der Waals surface area contributed by atoms with E-state index >= 15 is 0 Å². The van der Waals surface area contributed by atoms with Crippen LogP contribution < -0.4 is 5.73 Å². The monoisotopic (exact) mass is 369 g/mol. The fourth-order valence-corrected chi connectivity index (χ4v) is 4.95. The van der Waals surface area contributed by atoms with Crippen molar-refractivity contribution in [2.24, 2.45) is 5.73 Å². The summed E-state index contributed by atoms with van der Waals surface area (Å²) < 4.78 is 2.72. The predicted molar refractivity (Wildman–Crippen MR) is 99.1 cm³/mol. The van der Waals surface area contributed by atoms with Crippen molar-refractivity contribution in [2.45, 2.75) is 29.6 Å². The van der Waals surface area contributed by atoms with E-state index in [1.54, 1.807) is 0 Å². The molecule has 3 aromatic heterocycles. The Morgan fingerprint density at radius 3 is 2.88 bits per heavy atom. The minimum atomic E-state index is -0.344. The summed E-state index contributed by atoms with van der Waals surface area (Å²) in [7, 11) is 0. The lowest BCUT2D eigenvalue weighted by Gasteiger charge is -2.06. The molecule has 0 aliphatic heterocycles. The number of amides is 1. The Balaban J connectivity index is 1.82. The predicted octanol–water partition coefficient (Wildman–Crippen LogP) is 3.13. The SMILES string of the molecule is Cc1cc2nc(Sc3nc(C)c(CC(N)=O)s3)c3ccccc3n2n1. The number of carbonyl (C=O) groups excluding carboxylic acids is 1. The second-order valence-corrected chi connectivity index (χ2v) is 8.04. The molecule has 0 unspecified atom stereocenters. The number of aryl methyl sites for hydroxylation is 2. The maximum atomic E-state index is 11.2. The summed E-state index contributed by atoms with van der Waals surface area (Å²) in [4.78, 5) is 21.4. The van der Waals surface area contributed by atoms with Crippen LogP contribution in [-0.4, -0.2) is 25.5 Å². The fraction of sp³-hybridized carbons (Fsp3) is 0.176. The average Bonchev–Trinajstić information content (AvgIpc) is 3.09. The molecule has 0 aliphatic rings. The van der Waals surface area contributed by atoms with Gasteiger partial charge in [0.1, 0.15) is 5.03 Å². The number of nitrogens with zero attached hydrogens (tertiary/aromatic N) is 4. The molecule has 0 saturated carbocycles. The van der Waals surface area contributed by atoms with Gasteiger partial charge >= 0.3 is 0 Å². The van der Waals surface area contributed by atoms with Crippen LogP contribution in [0.25, 0.3) is 16.6 Å². The zero-order valence-corrected chi connectivity index (χ0v) is 15.3. The number of rotatable bonds is 4. The molecule has 25 heavy (non-hydrogen) atoms. The van der Waals surface area contributed by atoms with Crippen LogP contribution in [0.2, 0.25) is 0 Å². The van der Waals surface area contributed by atoms with Gasteiger partial charge in [0.05, 0.1) is 23.3 Å². The molecule has 1 amide bonds. The number of benzene rings is 1. The molecule has 8 heteroatoms. The number of fused-ring (bicyclic) bond motifs is 3. The number of hydrogen-bond donors (Lipinski definition) is 1. The third-order valence-corrected chi connectivity index (χ3v) is 6.01. The molecular formula is C17H15N5OS2. The van der Waals surface area contributed by atoms with Crippen molar-refractivity contribution < 1.29 is 4.79 Å². The van der Waals surface area contributed by atoms with Gasteiger partial charge in [-0.3, -0.25) is 4.79 Å². The van der Waals surface area contributed by atoms with E-state index in [-0.39, 0.29) is 12.3 Å². The summed E-state index contributed by atoms with van der Waals surface area (Å²) in [6.45, 7) is 3.85. The van der Waals surface area contributed by atoms with E-state index < -0.39 is 0 Å². The van der Waals surface area contributed by atoms with Gasteiger partial charge in [0.25, 0.3) is 0 Å². The van der Waals surface area contributed by atoms with Crippen LogP contribution in [0.4, 0.5) is 0 Å². The molecule has 0 atom stereocenters. The maximum Gasteiger partial charge on any atom is 0.222 e. The van der Waals surface area contributed by atoms with Crippen molar-refractivity contribution in [3.63, 3.8) is 0 Å². The molecule has 3 heterocycles. The number of carbonyl (C=O) groups is 1. The first-order valence-corrected chi connectivity index (χ1v) is 9.32. The number of para-hydroxylation sites is 1. The first-order chi connectivity index (χ1) is 12.0. The molecule has 0 saturated heterocycles. The highest BCUT2D eigenvalue weighted by molar-refractivity contribution is 8.01. The van der Waals surface area contributed by atoms with E-state index in [1.807, 2.05) is 48.7 Å². The Morgan fingerprint density at radius 1 is 1.28 bits per heavy atom. The smallest absolute Gasteiger partial charge is 0.222 e. The number of aromatic nitrogens is 4. The van der Waals surface area contributed by atoms with E-state index in [0.29, 0.717) is 0 Å². The lowest BCUT2D eigenvalue weighted by Crippen LogP contribution is -2.13. The molecule has 126 valence electrons. The van der Waals surface area contributed by atoms with Gasteiger partial charge in [0.15, 0.2) is 9.99 Å². The standard InChI is InChI=1S/C17H15N5OS2/c1-9-7-15-20-16(11-5-3-4-6-12(11)22(15)21-9)25-17-19-10(2)13(24-17)8-14(18)23/h3-7H,8H2,1-2H3,(H2,18,23). The molecule has 0 bridgehead atoms. The topological polar surface area (TPSA) is 86.2 Å². The molecule has 6 nitrogen and oxygen atoms in total. The van der Waals surface area contributed by atoms with Gasteiger partial charge in [-0.15, -0.1) is 11.3 Å². The van der Waals surface area contributed by atoms with Gasteiger partial charge in [-0.1, -0.05) is 18.2 Å². The highest BCUT2D eigenvalue weighted by Gasteiger charge is 2.15. The van der Waals surface area contributed by atoms with Crippen LogP contribution in [0.15, 0.2) is 39.7 Å². The van der Waals surface area contributed by atoms with Crippen LogP contribution in [0, 0.1) is 13.8 Å². The molecule has 4 rings (SSSR count). The van der Waals surface area contributed by atoms with Crippen LogP contribution in [0.5, 0.6) is 0 Å². The van der Waals surface area contributed by atoms with Crippen LogP contribution in [0.3, 0.4) is 0 Å². The zero-order valence-electron chi connectivity index (χ0n) is 13.7. The van der Waals surface area contributed by atoms with Gasteiger partial charge in [-0.25, -0.2) is 14.5 Å². The van der Waals surface area contributed by atoms with Gasteiger partial charge in [-0.2, -0.15) is 5.10 Å². The van der Waals surface area contributed by atoms with Crippen molar-refractivity contribution >= 4 is 45.6 Å². The van der Waals surface area contributed by atoms with Crippen molar-refractivity contribution in [1.29, 1.82) is 0 Å². The molecular weight excluding hydrogens is 354 g/mol. The first kappa shape index (κ1) is 16.0. The normalized spacial score (nSPS) is 11.4. The second-order valence-electron chi connectivity index (χ2n) is 5.72. The maximum absolute atomic E-state index is 11.2. The lowest BCUT2D eigenvalue weighted by molar-refractivity contribution is -0.117. The highest BCUT2D eigenvalue weighted by atomic mass is 32.2. The van der Waals surface area contributed by atoms with Crippen molar-refractivity contribution in [3.05, 3.63) is 46.6 Å². The summed E-state index contributed by atoms with van der Waals surface area (Å²) in [5.74, 6) is -0.344. The zero-order chi connectivity index (χ0) is 17.6. The first-order valence-electron chi connectivity index (χ1n) is 7.69. The summed E-state index contributed by atoms with van der Waals surface area (Å²) in [5.41, 5.74) is 8.89. The minimum Gasteiger partial charge on any atom is -0.369 e. The van der Waals surface area contributed by atoms with E-state index in [4.69, 9.17) is 10.7 Å². The van der Waals surface area contributed by atoms with Crippen LogP contribution in [-0.2, 0) is 11.2 Å². The van der Waals surface area contributed by atoms with Gasteiger partial charge in [0.2, 0.25) is 5.91 Å². The Hall–Kier alpha value is -2.45. The fourth-order valence-electron chi connectivity index (χ4n) is 2.67. The number of thiazole rings is 1. The Bertz CT molecular complexity index is 1120. The van der Waals surface area contributed by atoms with Crippen LogP contribution in [0.1, 0.15) is 16.3 Å². The van der Waals surface area contributed by atoms with Gasteiger partial charge in [0, 0.05) is 16.3 Å². The Labute approximate surface area is 152 Å². The van der Waals surface area contributed by atoms with Crippen molar-refractivity contribution in [2.75, 3.05) is 0 Å². The summed E-state index contributed by atoms with van der Waals surface area (Å²) in [5, 5.41) is 6.42. The third-order valence-electron chi connectivity index (χ3n) is 3.78. The average molecular weight is 369 g/mol. The molecule has 0 aliphatic carbocycles. The highest BCUT2D eigenvalue weighted by Crippen LogP contribution is 2.36. The third kappa shape index (κ3) is 2.98. The summed E-state index contributed by atoms with van der Waals surface area (Å²) in [6, 6.07) is 10.0. The van der Waals surface area contributed by atoms with E-state index in [9.17, 15) is 4.79 Å². The molecule has 1 aromatic carbocycles. The minimum absolute atomic E-state index is 0.221. The van der Waals surface area contributed by atoms with Crippen molar-refractivity contribution in [3.8, 4) is 0 Å². The van der Waals surface area contributed by atoms with E-state index in [0.717, 1.165) is 42.2 Å². The molecule has 0 spiro atoms. The van der Waals surface area contributed by atoms with Crippen molar-refractivity contribution in [1.82, 2.24) is 19.6 Å². The Morgan fingerprint density at radius 2 is 2.08 bits per heavy atom. The second kappa shape index (κ2) is 6.12. The largest absolute Gasteiger partial charge is 0.369 e. The lowest BCUT2D eigenvalue weighted by atomic mass is 10.2. The number of nitrogens with two attached hydrogens (primary N) is 1. The summed E-state index contributed by atoms with van der Waals surface area (Å²) in [6.07, 6.45) is 0.221. The number of primary amides is 1. The van der Waals surface area contributed by atoms with E-state index in [1.165, 1.54) is 23.1 Å². The summed E-state index contributed by atoms with van der Waals surface area (Å²) >= 11 is 3.00.